The Labute approximate surface area is 162 Å². The van der Waals surface area contributed by atoms with E-state index in [1.165, 1.54) is 11.3 Å². The van der Waals surface area contributed by atoms with E-state index in [2.05, 4.69) is 10.3 Å². The molecule has 3 rings (SSSR count). The lowest BCUT2D eigenvalue weighted by Crippen LogP contribution is -2.30. The molecule has 2 heterocycles. The zero-order chi connectivity index (χ0) is 19.4. The van der Waals surface area contributed by atoms with Crippen molar-refractivity contribution in [3.63, 3.8) is 0 Å². The van der Waals surface area contributed by atoms with Gasteiger partial charge in [0.15, 0.2) is 16.6 Å². The Morgan fingerprint density at radius 1 is 1.33 bits per heavy atom. The Bertz CT molecular complexity index is 836. The second-order valence-corrected chi connectivity index (χ2v) is 7.32. The number of aromatic nitrogens is 1. The third-order valence-corrected chi connectivity index (χ3v) is 5.43. The number of carbonyl (C=O) groups excluding carboxylic acids is 2. The topological polar surface area (TPSA) is 80.8 Å². The van der Waals surface area contributed by atoms with Crippen LogP contribution in [0.4, 0.5) is 5.13 Å². The summed E-state index contributed by atoms with van der Waals surface area (Å²) in [5.41, 5.74) is 1.92. The van der Waals surface area contributed by atoms with Crippen LogP contribution in [0.2, 0.25) is 0 Å². The molecule has 1 aliphatic rings. The third kappa shape index (κ3) is 4.57. The maximum atomic E-state index is 12.4. The minimum absolute atomic E-state index is 0.00551. The number of carbonyl (C=O) groups is 2. The number of benzene rings is 1. The normalized spacial score (nSPS) is 16.5. The average Bonchev–Trinajstić information content (AvgIpc) is 3.24. The van der Waals surface area contributed by atoms with Crippen molar-refractivity contribution in [2.45, 2.75) is 19.8 Å². The fraction of sp³-hybridized carbons (Fsp3) is 0.421. The molecule has 1 N–H and O–H groups in total. The van der Waals surface area contributed by atoms with Crippen molar-refractivity contribution in [2.24, 2.45) is 5.92 Å². The Kier molecular flexibility index (Phi) is 5.95. The van der Waals surface area contributed by atoms with Crippen molar-refractivity contribution in [3.8, 4) is 11.5 Å². The van der Waals surface area contributed by atoms with Gasteiger partial charge in [0.05, 0.1) is 25.8 Å². The molecule has 1 atom stereocenters. The summed E-state index contributed by atoms with van der Waals surface area (Å²) in [7, 11) is 3.19. The molecular weight excluding hydrogens is 366 g/mol. The Hall–Kier alpha value is -2.61. The molecule has 1 fully saturated rings. The lowest BCUT2D eigenvalue weighted by Gasteiger charge is -2.17. The van der Waals surface area contributed by atoms with Crippen molar-refractivity contribution >= 4 is 28.3 Å². The summed E-state index contributed by atoms with van der Waals surface area (Å²) in [5, 5.41) is 5.26. The first-order valence-electron chi connectivity index (χ1n) is 8.72. The van der Waals surface area contributed by atoms with Crippen LogP contribution in [0, 0.1) is 12.8 Å². The van der Waals surface area contributed by atoms with Gasteiger partial charge >= 0.3 is 0 Å². The van der Waals surface area contributed by atoms with Gasteiger partial charge in [0, 0.05) is 24.9 Å². The van der Waals surface area contributed by atoms with Crippen molar-refractivity contribution in [1.82, 2.24) is 9.88 Å². The van der Waals surface area contributed by atoms with Crippen LogP contribution in [-0.2, 0) is 16.0 Å². The molecule has 1 saturated heterocycles. The predicted molar refractivity (Wildman–Crippen MR) is 103 cm³/mol. The van der Waals surface area contributed by atoms with E-state index in [9.17, 15) is 9.59 Å². The van der Waals surface area contributed by atoms with E-state index in [-0.39, 0.29) is 24.2 Å². The third-order valence-electron chi connectivity index (χ3n) is 4.55. The van der Waals surface area contributed by atoms with Crippen LogP contribution < -0.4 is 14.8 Å². The van der Waals surface area contributed by atoms with Gasteiger partial charge in [-0.2, -0.15) is 0 Å². The lowest BCUT2D eigenvalue weighted by molar-refractivity contribution is -0.128. The van der Waals surface area contributed by atoms with Crippen LogP contribution >= 0.6 is 11.3 Å². The number of likely N-dealkylation sites (tertiary alicyclic amines) is 1. The van der Waals surface area contributed by atoms with Crippen molar-refractivity contribution in [2.75, 3.05) is 32.6 Å². The first kappa shape index (κ1) is 19.2. The van der Waals surface area contributed by atoms with Crippen LogP contribution in [0.15, 0.2) is 23.6 Å². The van der Waals surface area contributed by atoms with E-state index < -0.39 is 0 Å². The van der Waals surface area contributed by atoms with Gasteiger partial charge in [0.2, 0.25) is 11.8 Å². The number of anilines is 1. The molecule has 1 aliphatic heterocycles. The number of amides is 2. The minimum Gasteiger partial charge on any atom is -0.493 e. The van der Waals surface area contributed by atoms with Crippen molar-refractivity contribution < 1.29 is 19.1 Å². The second kappa shape index (κ2) is 8.39. The largest absolute Gasteiger partial charge is 0.493 e. The van der Waals surface area contributed by atoms with E-state index >= 15 is 0 Å². The molecule has 2 amide bonds. The van der Waals surface area contributed by atoms with Crippen LogP contribution in [0.3, 0.4) is 0 Å². The van der Waals surface area contributed by atoms with E-state index in [0.29, 0.717) is 36.1 Å². The molecule has 1 aromatic carbocycles. The summed E-state index contributed by atoms with van der Waals surface area (Å²) >= 11 is 1.39. The van der Waals surface area contributed by atoms with Gasteiger partial charge in [-0.1, -0.05) is 6.07 Å². The molecule has 8 heteroatoms. The van der Waals surface area contributed by atoms with Crippen LogP contribution in [0.25, 0.3) is 0 Å². The molecule has 7 nitrogen and oxygen atoms in total. The van der Waals surface area contributed by atoms with Gasteiger partial charge in [-0.25, -0.2) is 4.98 Å². The molecule has 0 aliphatic carbocycles. The molecule has 0 unspecified atom stereocenters. The van der Waals surface area contributed by atoms with Gasteiger partial charge in [-0.05, 0) is 31.0 Å². The predicted octanol–water partition coefficient (Wildman–Crippen LogP) is 2.50. The average molecular weight is 389 g/mol. The first-order chi connectivity index (χ1) is 13.0. The maximum Gasteiger partial charge on any atom is 0.231 e. The van der Waals surface area contributed by atoms with Gasteiger partial charge in [0.25, 0.3) is 0 Å². The number of thiazole rings is 1. The van der Waals surface area contributed by atoms with E-state index in [1.54, 1.807) is 19.1 Å². The van der Waals surface area contributed by atoms with Crippen molar-refractivity contribution in [1.29, 1.82) is 0 Å². The number of hydrogen-bond donors (Lipinski definition) is 1. The number of aryl methyl sites for hydroxylation is 1. The molecule has 0 saturated carbocycles. The standard InChI is InChI=1S/C19H23N3O4S/c1-12-11-27-19(20-12)21-18(24)14-9-17(23)22(10-14)7-6-13-4-5-15(25-2)16(8-13)26-3/h4-5,8,11,14H,6-7,9-10H2,1-3H3,(H,20,21,24)/t14-/m0/s1. The van der Waals surface area contributed by atoms with Gasteiger partial charge in [-0.15, -0.1) is 11.3 Å². The van der Waals surface area contributed by atoms with E-state index in [4.69, 9.17) is 9.47 Å². The minimum atomic E-state index is -0.341. The molecule has 0 radical (unpaired) electrons. The summed E-state index contributed by atoms with van der Waals surface area (Å²) in [6.07, 6.45) is 0.925. The zero-order valence-corrected chi connectivity index (χ0v) is 16.5. The van der Waals surface area contributed by atoms with Crippen LogP contribution in [-0.4, -0.2) is 49.0 Å². The molecule has 0 spiro atoms. The number of methoxy groups -OCH3 is 2. The fourth-order valence-electron chi connectivity index (χ4n) is 3.08. The SMILES string of the molecule is COc1ccc(CCN2C[C@@H](C(=O)Nc3nc(C)cs3)CC2=O)cc1OC. The second-order valence-electron chi connectivity index (χ2n) is 6.46. The molecule has 27 heavy (non-hydrogen) atoms. The summed E-state index contributed by atoms with van der Waals surface area (Å²) in [6.45, 7) is 2.87. The Balaban J connectivity index is 1.55. The van der Waals surface area contributed by atoms with Gasteiger partial charge in [-0.3, -0.25) is 9.59 Å². The first-order valence-corrected chi connectivity index (χ1v) is 9.59. The Morgan fingerprint density at radius 2 is 2.11 bits per heavy atom. The lowest BCUT2D eigenvalue weighted by atomic mass is 10.1. The molecule has 1 aromatic heterocycles. The van der Waals surface area contributed by atoms with Crippen molar-refractivity contribution in [3.05, 3.63) is 34.8 Å². The molecule has 144 valence electrons. The summed E-state index contributed by atoms with van der Waals surface area (Å²) < 4.78 is 10.6. The maximum absolute atomic E-state index is 12.4. The summed E-state index contributed by atoms with van der Waals surface area (Å²) in [4.78, 5) is 30.6. The van der Waals surface area contributed by atoms with E-state index in [0.717, 1.165) is 11.3 Å². The van der Waals surface area contributed by atoms with Crippen LogP contribution in [0.5, 0.6) is 11.5 Å². The molecule has 2 aromatic rings. The smallest absolute Gasteiger partial charge is 0.231 e. The quantitative estimate of drug-likeness (QED) is 0.787. The number of nitrogens with one attached hydrogen (secondary N) is 1. The summed E-state index contributed by atoms with van der Waals surface area (Å²) in [6, 6.07) is 5.72. The Morgan fingerprint density at radius 3 is 2.78 bits per heavy atom. The number of hydrogen-bond acceptors (Lipinski definition) is 6. The molecular formula is C19H23N3O4S. The van der Waals surface area contributed by atoms with Gasteiger partial charge in [0.1, 0.15) is 0 Å². The number of ether oxygens (including phenoxy) is 2. The highest BCUT2D eigenvalue weighted by molar-refractivity contribution is 7.13. The highest BCUT2D eigenvalue weighted by Gasteiger charge is 2.34. The van der Waals surface area contributed by atoms with E-state index in [1.807, 2.05) is 30.5 Å². The molecule has 0 bridgehead atoms. The highest BCUT2D eigenvalue weighted by atomic mass is 32.1. The monoisotopic (exact) mass is 389 g/mol. The number of nitrogens with zero attached hydrogens (tertiary/aromatic N) is 2. The van der Waals surface area contributed by atoms with Crippen LogP contribution in [0.1, 0.15) is 17.7 Å². The zero-order valence-electron chi connectivity index (χ0n) is 15.7. The fourth-order valence-corrected chi connectivity index (χ4v) is 3.77. The highest BCUT2D eigenvalue weighted by Crippen LogP contribution is 2.28. The van der Waals surface area contributed by atoms with Gasteiger partial charge < -0.3 is 19.7 Å². The number of rotatable bonds is 7. The summed E-state index contributed by atoms with van der Waals surface area (Å²) in [5.74, 6) is 0.857.